The molecule has 7 heteroatoms. The van der Waals surface area contributed by atoms with Crippen LogP contribution in [0.2, 0.25) is 0 Å². The Bertz CT molecular complexity index is 1010. The molecule has 1 aliphatic carbocycles. The van der Waals surface area contributed by atoms with Crippen LogP contribution in [-0.4, -0.2) is 25.4 Å². The zero-order valence-corrected chi connectivity index (χ0v) is 14.8. The Kier molecular flexibility index (Phi) is 4.20. The van der Waals surface area contributed by atoms with Crippen LogP contribution in [0.4, 0.5) is 5.69 Å². The second kappa shape index (κ2) is 6.41. The van der Waals surface area contributed by atoms with E-state index in [1.165, 1.54) is 0 Å². The van der Waals surface area contributed by atoms with Gasteiger partial charge in [0.25, 0.3) is 0 Å². The van der Waals surface area contributed by atoms with Gasteiger partial charge < -0.3 is 14.1 Å². The van der Waals surface area contributed by atoms with Crippen molar-refractivity contribution in [2.75, 3.05) is 4.31 Å². The highest BCUT2D eigenvalue weighted by Gasteiger charge is 2.46. The second-order valence-corrected chi connectivity index (χ2v) is 7.49. The summed E-state index contributed by atoms with van der Waals surface area (Å²) < 4.78 is 31.0. The molecule has 1 unspecified atom stereocenters. The summed E-state index contributed by atoms with van der Waals surface area (Å²) in [5.74, 6) is -1.10. The minimum Gasteiger partial charge on any atom is -0.755 e. The quantitative estimate of drug-likeness (QED) is 0.699. The summed E-state index contributed by atoms with van der Waals surface area (Å²) in [6.45, 7) is 0. The Morgan fingerprint density at radius 1 is 1.08 bits per heavy atom. The van der Waals surface area contributed by atoms with Crippen LogP contribution in [0.1, 0.15) is 32.1 Å². The van der Waals surface area contributed by atoms with Crippen molar-refractivity contribution in [3.8, 4) is 0 Å². The van der Waals surface area contributed by atoms with Crippen LogP contribution in [-0.2, 0) is 16.1 Å². The lowest BCUT2D eigenvalue weighted by Crippen LogP contribution is -2.56. The number of benzene rings is 2. The topological polar surface area (TPSA) is 93.8 Å². The molecule has 1 aromatic heterocycles. The molecule has 136 valence electrons. The van der Waals surface area contributed by atoms with Crippen molar-refractivity contribution in [1.29, 1.82) is 0 Å². The molecule has 26 heavy (non-hydrogen) atoms. The van der Waals surface area contributed by atoms with E-state index in [2.05, 4.69) is 0 Å². The number of fused-ring (bicyclic) bond motifs is 3. The Labute approximate surface area is 152 Å². The molecule has 4 rings (SSSR count). The first kappa shape index (κ1) is 17.1. The normalized spacial score (nSPS) is 18.0. The summed E-state index contributed by atoms with van der Waals surface area (Å²) in [7, 11) is 0. The Hall–Kier alpha value is -2.38. The van der Waals surface area contributed by atoms with E-state index in [0.717, 1.165) is 21.5 Å². The molecule has 0 spiro atoms. The molecule has 0 amide bonds. The largest absolute Gasteiger partial charge is 0.755 e. The standard InChI is InChI=1S/C19H19NO5S/c21-18(22)19(10-4-1-5-11-19)20(26(23)24)13-8-9-17-15(12-13)14-6-2-3-7-16(14)25-17/h2-3,6-9,12H,1,4-5,10-11H2,(H,21,22)(H,23,24)/p-1. The Morgan fingerprint density at radius 3 is 2.46 bits per heavy atom. The molecule has 1 heterocycles. The minimum atomic E-state index is -2.70. The fraction of sp³-hybridized carbons (Fsp3) is 0.316. The number of carboxylic acids is 1. The summed E-state index contributed by atoms with van der Waals surface area (Å²) >= 11 is -2.70. The number of hydrogen-bond donors (Lipinski definition) is 1. The first-order chi connectivity index (χ1) is 12.5. The van der Waals surface area contributed by atoms with Gasteiger partial charge in [0.2, 0.25) is 0 Å². The van der Waals surface area contributed by atoms with Crippen molar-refractivity contribution in [2.45, 2.75) is 37.6 Å². The number of anilines is 1. The molecule has 1 saturated carbocycles. The van der Waals surface area contributed by atoms with Crippen molar-refractivity contribution < 1.29 is 23.1 Å². The number of nitrogens with zero attached hydrogens (tertiary/aromatic N) is 1. The fourth-order valence-electron chi connectivity index (χ4n) is 3.96. The highest BCUT2D eigenvalue weighted by Crippen LogP contribution is 2.40. The average Bonchev–Trinajstić information content (AvgIpc) is 3.00. The molecule has 6 nitrogen and oxygen atoms in total. The average molecular weight is 372 g/mol. The SMILES string of the molecule is O=C(O)C1(N(c2ccc3oc4ccccc4c3c2)S(=O)[O-])CCCCC1. The number of para-hydroxylation sites is 1. The van der Waals surface area contributed by atoms with Crippen LogP contribution in [0.3, 0.4) is 0 Å². The number of rotatable bonds is 4. The predicted octanol–water partition coefficient (Wildman–Crippen LogP) is 3.97. The van der Waals surface area contributed by atoms with Gasteiger partial charge in [0.15, 0.2) is 0 Å². The van der Waals surface area contributed by atoms with Crippen LogP contribution in [0, 0.1) is 0 Å². The maximum absolute atomic E-state index is 12.1. The van der Waals surface area contributed by atoms with E-state index in [1.807, 2.05) is 24.3 Å². The number of hydrogen-bond acceptors (Lipinski definition) is 4. The van der Waals surface area contributed by atoms with Gasteiger partial charge in [0, 0.05) is 22.0 Å². The Balaban J connectivity index is 1.90. The summed E-state index contributed by atoms with van der Waals surface area (Å²) in [5, 5.41) is 11.5. The number of carboxylic acid groups (broad SMARTS) is 1. The third-order valence-corrected chi connectivity index (χ3v) is 6.07. The van der Waals surface area contributed by atoms with Gasteiger partial charge in [-0.2, -0.15) is 0 Å². The molecule has 1 fully saturated rings. The molecular formula is C19H18NO5S-. The molecule has 1 N–H and O–H groups in total. The summed E-state index contributed by atoms with van der Waals surface area (Å²) in [5.41, 5.74) is 0.263. The van der Waals surface area contributed by atoms with Gasteiger partial charge in [0.05, 0.1) is 5.69 Å². The lowest BCUT2D eigenvalue weighted by atomic mass is 9.81. The molecule has 0 aliphatic heterocycles. The number of furan rings is 1. The van der Waals surface area contributed by atoms with Crippen LogP contribution in [0.25, 0.3) is 21.9 Å². The smallest absolute Gasteiger partial charge is 0.330 e. The predicted molar refractivity (Wildman–Crippen MR) is 98.6 cm³/mol. The van der Waals surface area contributed by atoms with E-state index in [-0.39, 0.29) is 0 Å². The van der Waals surface area contributed by atoms with E-state index in [1.54, 1.807) is 18.2 Å². The van der Waals surface area contributed by atoms with E-state index in [0.29, 0.717) is 42.5 Å². The van der Waals surface area contributed by atoms with Gasteiger partial charge in [-0.05, 0) is 37.1 Å². The molecule has 2 aromatic carbocycles. The third kappa shape index (κ3) is 2.59. The van der Waals surface area contributed by atoms with Crippen molar-refractivity contribution in [2.24, 2.45) is 0 Å². The lowest BCUT2D eigenvalue weighted by molar-refractivity contribution is -0.144. The van der Waals surface area contributed by atoms with Crippen LogP contribution in [0.15, 0.2) is 46.9 Å². The molecular weight excluding hydrogens is 354 g/mol. The lowest BCUT2D eigenvalue weighted by Gasteiger charge is -2.44. The number of carbonyl (C=O) groups is 1. The summed E-state index contributed by atoms with van der Waals surface area (Å²) in [6.07, 6.45) is 2.91. The highest BCUT2D eigenvalue weighted by atomic mass is 32.2. The first-order valence-electron chi connectivity index (χ1n) is 8.57. The molecule has 3 aromatic rings. The van der Waals surface area contributed by atoms with Crippen LogP contribution in [0.5, 0.6) is 0 Å². The molecule has 0 bridgehead atoms. The second-order valence-electron chi connectivity index (χ2n) is 6.69. The maximum Gasteiger partial charge on any atom is 0.330 e. The molecule has 1 atom stereocenters. The van der Waals surface area contributed by atoms with Crippen molar-refractivity contribution in [3.05, 3.63) is 42.5 Å². The van der Waals surface area contributed by atoms with Gasteiger partial charge in [0.1, 0.15) is 16.7 Å². The maximum atomic E-state index is 12.1. The van der Waals surface area contributed by atoms with Gasteiger partial charge in [-0.1, -0.05) is 37.5 Å². The summed E-state index contributed by atoms with van der Waals surface area (Å²) in [4.78, 5) is 12.1. The van der Waals surface area contributed by atoms with E-state index in [4.69, 9.17) is 4.42 Å². The van der Waals surface area contributed by atoms with Crippen LogP contribution < -0.4 is 4.31 Å². The fourth-order valence-corrected chi connectivity index (χ4v) is 4.79. The minimum absolute atomic E-state index is 0.306. The number of aliphatic carboxylic acids is 1. The highest BCUT2D eigenvalue weighted by molar-refractivity contribution is 7.80. The molecule has 0 radical (unpaired) electrons. The Morgan fingerprint density at radius 2 is 1.77 bits per heavy atom. The van der Waals surface area contributed by atoms with E-state index in [9.17, 15) is 18.7 Å². The molecule has 1 aliphatic rings. The third-order valence-electron chi connectivity index (χ3n) is 5.21. The van der Waals surface area contributed by atoms with Gasteiger partial charge in [-0.3, -0.25) is 8.51 Å². The van der Waals surface area contributed by atoms with E-state index >= 15 is 0 Å². The van der Waals surface area contributed by atoms with Gasteiger partial charge in [-0.15, -0.1) is 0 Å². The van der Waals surface area contributed by atoms with Crippen molar-refractivity contribution >= 4 is 44.9 Å². The summed E-state index contributed by atoms with van der Waals surface area (Å²) in [6, 6.07) is 12.5. The monoisotopic (exact) mass is 372 g/mol. The van der Waals surface area contributed by atoms with Gasteiger partial charge >= 0.3 is 5.97 Å². The van der Waals surface area contributed by atoms with Crippen LogP contribution >= 0.6 is 0 Å². The zero-order valence-electron chi connectivity index (χ0n) is 14.0. The molecule has 0 saturated heterocycles. The van der Waals surface area contributed by atoms with Gasteiger partial charge in [-0.25, -0.2) is 4.79 Å². The first-order valence-corrected chi connectivity index (χ1v) is 9.60. The van der Waals surface area contributed by atoms with Crippen molar-refractivity contribution in [1.82, 2.24) is 0 Å². The van der Waals surface area contributed by atoms with E-state index < -0.39 is 22.8 Å². The zero-order chi connectivity index (χ0) is 18.3. The van der Waals surface area contributed by atoms with Crippen molar-refractivity contribution in [3.63, 3.8) is 0 Å².